The molecule has 0 bridgehead atoms. The molecular formula is C29H31N3O6. The number of nitrogens with one attached hydrogen (secondary N) is 1. The van der Waals surface area contributed by atoms with Crippen LogP contribution in [0.15, 0.2) is 53.9 Å². The van der Waals surface area contributed by atoms with Gasteiger partial charge in [-0.05, 0) is 41.3 Å². The number of amides is 2. The molecule has 1 atom stereocenters. The van der Waals surface area contributed by atoms with E-state index in [1.165, 1.54) is 26.0 Å². The van der Waals surface area contributed by atoms with Gasteiger partial charge in [-0.25, -0.2) is 4.79 Å². The van der Waals surface area contributed by atoms with Gasteiger partial charge in [0.05, 0.1) is 31.9 Å². The Labute approximate surface area is 220 Å². The van der Waals surface area contributed by atoms with Gasteiger partial charge in [0.25, 0.3) is 5.91 Å². The molecule has 0 saturated heterocycles. The van der Waals surface area contributed by atoms with Gasteiger partial charge in [0, 0.05) is 42.4 Å². The third kappa shape index (κ3) is 4.27. The summed E-state index contributed by atoms with van der Waals surface area (Å²) in [6, 6.07) is 11.5. The number of imide groups is 1. The van der Waals surface area contributed by atoms with Crippen molar-refractivity contribution < 1.29 is 28.6 Å². The molecule has 5 rings (SSSR count). The van der Waals surface area contributed by atoms with E-state index in [2.05, 4.69) is 36.0 Å². The Bertz CT molecular complexity index is 1480. The van der Waals surface area contributed by atoms with E-state index in [1.54, 1.807) is 12.1 Å². The van der Waals surface area contributed by atoms with Crippen LogP contribution in [-0.2, 0) is 25.7 Å². The quantitative estimate of drug-likeness (QED) is 0.472. The molecule has 9 heteroatoms. The summed E-state index contributed by atoms with van der Waals surface area (Å²) in [5.41, 5.74) is 4.90. The van der Waals surface area contributed by atoms with Crippen LogP contribution in [0.2, 0.25) is 0 Å². The number of carbonyl (C=O) groups excluding carboxylic acids is 3. The largest absolute Gasteiger partial charge is 0.493 e. The van der Waals surface area contributed by atoms with Crippen molar-refractivity contribution >= 4 is 34.4 Å². The second-order valence-corrected chi connectivity index (χ2v) is 9.97. The van der Waals surface area contributed by atoms with E-state index in [9.17, 15) is 14.4 Å². The molecule has 9 nitrogen and oxygen atoms in total. The van der Waals surface area contributed by atoms with Gasteiger partial charge in [-0.1, -0.05) is 26.0 Å². The van der Waals surface area contributed by atoms with Gasteiger partial charge >= 0.3 is 5.97 Å². The maximum Gasteiger partial charge on any atom is 0.343 e. The molecule has 1 N–H and O–H groups in total. The minimum atomic E-state index is -0.523. The zero-order chi connectivity index (χ0) is 27.1. The molecule has 3 heterocycles. The Morgan fingerprint density at radius 2 is 1.92 bits per heavy atom. The molecule has 3 aromatic rings. The van der Waals surface area contributed by atoms with Crippen LogP contribution in [0.25, 0.3) is 10.9 Å². The summed E-state index contributed by atoms with van der Waals surface area (Å²) in [6.45, 7) is 6.42. The number of hydrogen-bond acceptors (Lipinski definition) is 7. The topological polar surface area (TPSA) is 99.1 Å². The third-order valence-corrected chi connectivity index (χ3v) is 6.97. The normalized spacial score (nSPS) is 16.4. The van der Waals surface area contributed by atoms with Crippen LogP contribution in [0.4, 0.5) is 5.69 Å². The Morgan fingerprint density at radius 3 is 2.61 bits per heavy atom. The van der Waals surface area contributed by atoms with Crippen LogP contribution in [0.1, 0.15) is 37.8 Å². The molecular weight excluding hydrogens is 486 g/mol. The molecule has 2 aliphatic rings. The van der Waals surface area contributed by atoms with Crippen molar-refractivity contribution in [1.82, 2.24) is 9.47 Å². The Kier molecular flexibility index (Phi) is 6.60. The van der Waals surface area contributed by atoms with Crippen molar-refractivity contribution in [2.45, 2.75) is 33.2 Å². The zero-order valence-electron chi connectivity index (χ0n) is 22.2. The van der Waals surface area contributed by atoms with E-state index in [1.807, 2.05) is 18.2 Å². The Balaban J connectivity index is 1.73. The van der Waals surface area contributed by atoms with Gasteiger partial charge in [0.15, 0.2) is 18.1 Å². The highest BCUT2D eigenvalue weighted by Gasteiger charge is 2.42. The average Bonchev–Trinajstić information content (AvgIpc) is 3.36. The average molecular weight is 518 g/mol. The number of aromatic nitrogens is 1. The van der Waals surface area contributed by atoms with Crippen molar-refractivity contribution in [3.63, 3.8) is 0 Å². The number of carbonyl (C=O) groups is 3. The van der Waals surface area contributed by atoms with Gasteiger partial charge < -0.3 is 24.1 Å². The molecule has 0 aliphatic carbocycles. The van der Waals surface area contributed by atoms with Crippen LogP contribution in [0, 0.1) is 5.92 Å². The molecule has 2 amide bonds. The molecule has 38 heavy (non-hydrogen) atoms. The molecule has 0 radical (unpaired) electrons. The Morgan fingerprint density at radius 1 is 1.13 bits per heavy atom. The predicted molar refractivity (Wildman–Crippen MR) is 142 cm³/mol. The number of nitrogens with zero attached hydrogens (tertiary/aromatic N) is 2. The molecule has 2 aliphatic heterocycles. The highest BCUT2D eigenvalue weighted by Crippen LogP contribution is 2.47. The second-order valence-electron chi connectivity index (χ2n) is 9.97. The first kappa shape index (κ1) is 25.4. The summed E-state index contributed by atoms with van der Waals surface area (Å²) in [5.74, 6) is -0.427. The minimum Gasteiger partial charge on any atom is -0.493 e. The van der Waals surface area contributed by atoms with Crippen molar-refractivity contribution in [3.8, 4) is 11.5 Å². The molecule has 0 saturated carbocycles. The number of esters is 1. The lowest BCUT2D eigenvalue weighted by Gasteiger charge is -2.21. The summed E-state index contributed by atoms with van der Waals surface area (Å²) < 4.78 is 18.2. The summed E-state index contributed by atoms with van der Waals surface area (Å²) in [7, 11) is 2.82. The molecule has 0 spiro atoms. The van der Waals surface area contributed by atoms with Gasteiger partial charge in [0.2, 0.25) is 5.91 Å². The van der Waals surface area contributed by atoms with E-state index in [0.29, 0.717) is 28.7 Å². The Hall–Kier alpha value is -4.27. The predicted octanol–water partition coefficient (Wildman–Crippen LogP) is 4.06. The van der Waals surface area contributed by atoms with Crippen molar-refractivity contribution in [1.29, 1.82) is 0 Å². The van der Waals surface area contributed by atoms with Gasteiger partial charge in [-0.3, -0.25) is 14.5 Å². The first-order valence-corrected chi connectivity index (χ1v) is 12.5. The molecule has 0 fully saturated rings. The van der Waals surface area contributed by atoms with E-state index >= 15 is 0 Å². The summed E-state index contributed by atoms with van der Waals surface area (Å²) in [5, 5.41) is 4.52. The fourth-order valence-corrected chi connectivity index (χ4v) is 5.35. The van der Waals surface area contributed by atoms with Crippen molar-refractivity contribution in [3.05, 3.63) is 65.0 Å². The third-order valence-electron chi connectivity index (χ3n) is 6.97. The summed E-state index contributed by atoms with van der Waals surface area (Å²) in [6.07, 6.45) is 2.11. The number of rotatable bonds is 7. The molecule has 2 aromatic carbocycles. The standard InChI is InChI=1S/C29H31N3O6/c1-16(2)12-31-13-19-26(18-9-10-23(36-4)24(11-18)38-15-25(34)37-5)28-21(14-32(17(3)33)29(28)35)30-20-7-6-8-22(31)27(19)20/h6-11,13,16,26,30H,12,14-15H2,1-5H3. The lowest BCUT2D eigenvalue weighted by Crippen LogP contribution is -2.33. The number of benzene rings is 2. The van der Waals surface area contributed by atoms with Gasteiger partial charge in [0.1, 0.15) is 0 Å². The van der Waals surface area contributed by atoms with Crippen LogP contribution in [0.5, 0.6) is 11.5 Å². The maximum absolute atomic E-state index is 13.7. The van der Waals surface area contributed by atoms with Crippen LogP contribution >= 0.6 is 0 Å². The smallest absolute Gasteiger partial charge is 0.343 e. The monoisotopic (exact) mass is 517 g/mol. The first-order valence-electron chi connectivity index (χ1n) is 12.5. The minimum absolute atomic E-state index is 0.175. The van der Waals surface area contributed by atoms with Crippen molar-refractivity contribution in [2.75, 3.05) is 32.7 Å². The molecule has 198 valence electrons. The number of hydrogen-bond donors (Lipinski definition) is 1. The SMILES string of the molecule is COC(=O)COc1cc(C2C3=C(CN(C(C)=O)C3=O)Nc3cccc4c3c2cn4CC(C)C)ccc1OC. The zero-order valence-corrected chi connectivity index (χ0v) is 22.2. The first-order chi connectivity index (χ1) is 18.2. The van der Waals surface area contributed by atoms with E-state index < -0.39 is 11.9 Å². The van der Waals surface area contributed by atoms with E-state index in [-0.39, 0.29) is 25.0 Å². The van der Waals surface area contributed by atoms with Crippen molar-refractivity contribution in [2.24, 2.45) is 5.92 Å². The van der Waals surface area contributed by atoms with E-state index in [0.717, 1.165) is 34.3 Å². The number of methoxy groups -OCH3 is 2. The lowest BCUT2D eigenvalue weighted by molar-refractivity contribution is -0.143. The van der Waals surface area contributed by atoms with Crippen LogP contribution < -0.4 is 14.8 Å². The van der Waals surface area contributed by atoms with Crippen LogP contribution in [0.3, 0.4) is 0 Å². The lowest BCUT2D eigenvalue weighted by atomic mass is 9.84. The molecule has 1 unspecified atom stereocenters. The fourth-order valence-electron chi connectivity index (χ4n) is 5.35. The van der Waals surface area contributed by atoms with E-state index in [4.69, 9.17) is 14.2 Å². The maximum atomic E-state index is 13.7. The highest BCUT2D eigenvalue weighted by molar-refractivity contribution is 6.11. The van der Waals surface area contributed by atoms with Crippen LogP contribution in [-0.4, -0.2) is 54.6 Å². The number of anilines is 1. The highest BCUT2D eigenvalue weighted by atomic mass is 16.6. The number of ether oxygens (including phenoxy) is 3. The molecule has 1 aromatic heterocycles. The van der Waals surface area contributed by atoms with Gasteiger partial charge in [-0.2, -0.15) is 0 Å². The summed E-state index contributed by atoms with van der Waals surface area (Å²) in [4.78, 5) is 39.1. The second kappa shape index (κ2) is 9.89. The summed E-state index contributed by atoms with van der Waals surface area (Å²) >= 11 is 0. The fraction of sp³-hybridized carbons (Fsp3) is 0.345. The van der Waals surface area contributed by atoms with Gasteiger partial charge in [-0.15, -0.1) is 0 Å².